The van der Waals surface area contributed by atoms with Crippen molar-refractivity contribution < 1.29 is 55.0 Å². The zero-order valence-corrected chi connectivity index (χ0v) is 34.5. The Hall–Kier alpha value is -5.69. The van der Waals surface area contributed by atoms with Crippen LogP contribution in [0.2, 0.25) is 0 Å². The van der Waals surface area contributed by atoms with Gasteiger partial charge < -0.3 is 28.7 Å². The molecule has 4 N–H and O–H groups in total. The Morgan fingerprint density at radius 2 is 1.24 bits per heavy atom. The molecule has 4 aromatic carbocycles. The number of carbonyl (C=O) groups excluding carboxylic acids is 1. The smallest absolute Gasteiger partial charge is 0.414 e. The molecule has 6 aromatic rings. The molecule has 1 unspecified atom stereocenters. The van der Waals surface area contributed by atoms with Crippen molar-refractivity contribution >= 4 is 93.3 Å². The topological polar surface area (TPSA) is 226 Å². The average molecular weight is 849 g/mol. The summed E-state index contributed by atoms with van der Waals surface area (Å²) < 4.78 is 74.6. The second kappa shape index (κ2) is 15.8. The lowest BCUT2D eigenvalue weighted by atomic mass is 10.1. The first kappa shape index (κ1) is 41.5. The molecule has 16 nitrogen and oxygen atoms in total. The number of benzene rings is 4. The lowest BCUT2D eigenvalue weighted by molar-refractivity contribution is -0.141. The molecule has 3 atom stereocenters. The van der Waals surface area contributed by atoms with Crippen molar-refractivity contribution in [3.05, 3.63) is 72.8 Å². The first-order valence-corrected chi connectivity index (χ1v) is 22.0. The van der Waals surface area contributed by atoms with E-state index >= 15 is 0 Å². The first-order chi connectivity index (χ1) is 27.9. The van der Waals surface area contributed by atoms with Gasteiger partial charge in [0.25, 0.3) is 0 Å². The monoisotopic (exact) mass is 848 g/mol. The van der Waals surface area contributed by atoms with E-state index in [1.54, 1.807) is 58.0 Å². The molecule has 1 aliphatic heterocycles. The fourth-order valence-corrected chi connectivity index (χ4v) is 9.96. The molecular weight excluding hydrogens is 805 g/mol. The molecule has 1 amide bonds. The van der Waals surface area contributed by atoms with Gasteiger partial charge in [0.15, 0.2) is 0 Å². The molecule has 0 radical (unpaired) electrons. The van der Waals surface area contributed by atoms with Crippen LogP contribution in [0.4, 0.5) is 16.2 Å². The SMILES string of the molecule is CCN(CCC1CN(c2ccc3oc4cc(S(=O)(=O)N[C@H](C(=O)O)C(C)C)ccc4c3c2)C(=O)O1)c1ccc2oc3cc(S(=O)(=O)N[C@H](C(=O)O)C(C)C)ccc3c2c1. The number of rotatable bonds is 16. The minimum Gasteiger partial charge on any atom is -0.480 e. The highest BCUT2D eigenvalue weighted by Gasteiger charge is 2.34. The van der Waals surface area contributed by atoms with Crippen LogP contribution in [0.25, 0.3) is 43.9 Å². The molecule has 0 saturated carbocycles. The zero-order chi connectivity index (χ0) is 42.6. The lowest BCUT2D eigenvalue weighted by Crippen LogP contribution is -2.44. The molecule has 0 bridgehead atoms. The van der Waals surface area contributed by atoms with Crippen molar-refractivity contribution in [3.8, 4) is 0 Å². The summed E-state index contributed by atoms with van der Waals surface area (Å²) in [5.74, 6) is -3.50. The summed E-state index contributed by atoms with van der Waals surface area (Å²) >= 11 is 0. The summed E-state index contributed by atoms with van der Waals surface area (Å²) in [4.78, 5) is 39.8. The van der Waals surface area contributed by atoms with Gasteiger partial charge in [-0.05, 0) is 79.4 Å². The van der Waals surface area contributed by atoms with E-state index in [0.717, 1.165) is 11.1 Å². The molecule has 3 heterocycles. The van der Waals surface area contributed by atoms with Gasteiger partial charge in [0.1, 0.15) is 40.5 Å². The molecule has 59 heavy (non-hydrogen) atoms. The molecule has 312 valence electrons. The molecule has 2 aromatic heterocycles. The third kappa shape index (κ3) is 8.17. The van der Waals surface area contributed by atoms with Crippen LogP contribution in [0.1, 0.15) is 41.0 Å². The number of hydrogen-bond acceptors (Lipinski definition) is 11. The maximum absolute atomic E-state index is 13.2. The lowest BCUT2D eigenvalue weighted by Gasteiger charge is -2.24. The number of carboxylic acid groups (broad SMARTS) is 2. The number of hydrogen-bond donors (Lipinski definition) is 4. The van der Waals surface area contributed by atoms with E-state index in [2.05, 4.69) is 14.3 Å². The van der Waals surface area contributed by atoms with E-state index in [-0.39, 0.29) is 15.4 Å². The highest BCUT2D eigenvalue weighted by atomic mass is 32.2. The van der Waals surface area contributed by atoms with Crippen molar-refractivity contribution in [2.75, 3.05) is 29.4 Å². The number of aliphatic carboxylic acids is 2. The summed E-state index contributed by atoms with van der Waals surface area (Å²) in [6.07, 6.45) is -0.407. The number of amides is 1. The van der Waals surface area contributed by atoms with Crippen LogP contribution in [0.3, 0.4) is 0 Å². The van der Waals surface area contributed by atoms with Crippen LogP contribution >= 0.6 is 0 Å². The summed E-state index contributed by atoms with van der Waals surface area (Å²) in [5.41, 5.74) is 3.09. The van der Waals surface area contributed by atoms with Gasteiger partial charge in [-0.3, -0.25) is 14.5 Å². The Bertz CT molecular complexity index is 2850. The largest absolute Gasteiger partial charge is 0.480 e. The van der Waals surface area contributed by atoms with E-state index < -0.39 is 68.1 Å². The van der Waals surface area contributed by atoms with Crippen LogP contribution in [0.5, 0.6) is 0 Å². The molecule has 1 saturated heterocycles. The van der Waals surface area contributed by atoms with Crippen LogP contribution in [-0.4, -0.2) is 82.9 Å². The van der Waals surface area contributed by atoms with Crippen LogP contribution in [0.15, 0.2) is 91.4 Å². The van der Waals surface area contributed by atoms with Gasteiger partial charge in [0.05, 0.1) is 16.3 Å². The summed E-state index contributed by atoms with van der Waals surface area (Å²) in [6.45, 7) is 9.95. The Kier molecular flexibility index (Phi) is 11.1. The second-order valence-electron chi connectivity index (χ2n) is 15.2. The minimum atomic E-state index is -4.18. The van der Waals surface area contributed by atoms with Gasteiger partial charge in [0.2, 0.25) is 20.0 Å². The number of anilines is 2. The zero-order valence-electron chi connectivity index (χ0n) is 32.8. The molecule has 18 heteroatoms. The Morgan fingerprint density at radius 1 is 0.729 bits per heavy atom. The molecule has 1 aliphatic rings. The maximum Gasteiger partial charge on any atom is 0.414 e. The molecule has 7 rings (SSSR count). The number of nitrogens with zero attached hydrogens (tertiary/aromatic N) is 2. The number of carboxylic acids is 2. The number of carbonyl (C=O) groups is 3. The van der Waals surface area contributed by atoms with Gasteiger partial charge >= 0.3 is 18.0 Å². The van der Waals surface area contributed by atoms with Crippen LogP contribution < -0.4 is 19.2 Å². The Labute approximate surface area is 339 Å². The molecule has 0 aliphatic carbocycles. The van der Waals surface area contributed by atoms with Crippen molar-refractivity contribution in [1.29, 1.82) is 0 Å². The molecule has 0 spiro atoms. The number of sulfonamides is 2. The highest BCUT2D eigenvalue weighted by Crippen LogP contribution is 2.36. The molecule has 1 fully saturated rings. The Morgan fingerprint density at radius 3 is 1.73 bits per heavy atom. The number of furan rings is 2. The van der Waals surface area contributed by atoms with Crippen molar-refractivity contribution in [2.24, 2.45) is 11.8 Å². The highest BCUT2D eigenvalue weighted by molar-refractivity contribution is 7.89. The van der Waals surface area contributed by atoms with E-state index in [0.29, 0.717) is 64.7 Å². The van der Waals surface area contributed by atoms with Crippen molar-refractivity contribution in [3.63, 3.8) is 0 Å². The predicted octanol–water partition coefficient (Wildman–Crippen LogP) is 6.50. The molecular formula is C41H44N4O12S2. The third-order valence-electron chi connectivity index (χ3n) is 10.6. The van der Waals surface area contributed by atoms with E-state index in [9.17, 15) is 41.4 Å². The standard InChI is InChI=1S/C41H44N4O12S2/c1-6-44(24-7-13-33-31(17-24)29-11-9-27(19-35(29)56-33)58(51,52)42-37(22(2)3)39(46)47)16-15-26-21-45(41(50)55-26)25-8-14-34-32(18-25)30-12-10-28(20-36(30)57-34)59(53,54)43-38(23(4)5)40(48)49/h7-14,17-20,22-23,26,37-38,42-43H,6,15-16,21H2,1-5H3,(H,46,47)(H,48,49)/t26?,37-,38-/m0/s1. The fraction of sp³-hybridized carbons (Fsp3) is 0.341. The van der Waals surface area contributed by atoms with E-state index in [1.807, 2.05) is 25.1 Å². The predicted molar refractivity (Wildman–Crippen MR) is 221 cm³/mol. The second-order valence-corrected chi connectivity index (χ2v) is 18.7. The summed E-state index contributed by atoms with van der Waals surface area (Å²) in [5, 5.41) is 21.7. The van der Waals surface area contributed by atoms with Crippen molar-refractivity contribution in [2.45, 2.75) is 69.0 Å². The van der Waals surface area contributed by atoms with Gasteiger partial charge in [-0.2, -0.15) is 9.44 Å². The quantitative estimate of drug-likeness (QED) is 0.0817. The number of fused-ring (bicyclic) bond motifs is 6. The minimum absolute atomic E-state index is 0.111. The van der Waals surface area contributed by atoms with Gasteiger partial charge in [0, 0.05) is 64.6 Å². The fourth-order valence-electron chi connectivity index (χ4n) is 7.26. The summed E-state index contributed by atoms with van der Waals surface area (Å²) in [7, 11) is -8.33. The third-order valence-corrected chi connectivity index (χ3v) is 13.4. The first-order valence-electron chi connectivity index (χ1n) is 19.0. The van der Waals surface area contributed by atoms with E-state index in [4.69, 9.17) is 13.6 Å². The van der Waals surface area contributed by atoms with Crippen molar-refractivity contribution in [1.82, 2.24) is 9.44 Å². The van der Waals surface area contributed by atoms with Gasteiger partial charge in [-0.15, -0.1) is 0 Å². The summed E-state index contributed by atoms with van der Waals surface area (Å²) in [6, 6.07) is 17.0. The average Bonchev–Trinajstić information content (AvgIpc) is 3.87. The van der Waals surface area contributed by atoms with Crippen LogP contribution in [-0.2, 0) is 34.4 Å². The van der Waals surface area contributed by atoms with Crippen LogP contribution in [0, 0.1) is 11.8 Å². The Balaban J connectivity index is 1.04. The number of cyclic esters (lactones) is 1. The van der Waals surface area contributed by atoms with Gasteiger partial charge in [-0.1, -0.05) is 27.7 Å². The van der Waals surface area contributed by atoms with E-state index in [1.165, 1.54) is 29.2 Å². The number of ether oxygens (including phenoxy) is 1. The number of nitrogens with one attached hydrogen (secondary N) is 2. The maximum atomic E-state index is 13.2. The normalized spacial score (nSPS) is 16.2. The van der Waals surface area contributed by atoms with Gasteiger partial charge in [-0.25, -0.2) is 21.6 Å².